The van der Waals surface area contributed by atoms with Gasteiger partial charge in [0.25, 0.3) is 0 Å². The van der Waals surface area contributed by atoms with Gasteiger partial charge in [0.2, 0.25) is 0 Å². The first-order valence-corrected chi connectivity index (χ1v) is 7.31. The number of aromatic nitrogens is 1. The smallest absolute Gasteiger partial charge is 0.139 e. The average Bonchev–Trinajstić information content (AvgIpc) is 2.91. The van der Waals surface area contributed by atoms with Crippen LogP contribution >= 0.6 is 11.3 Å². The van der Waals surface area contributed by atoms with Gasteiger partial charge >= 0.3 is 0 Å². The van der Waals surface area contributed by atoms with E-state index >= 15 is 0 Å². The third-order valence-corrected chi connectivity index (χ3v) is 4.61. The molecule has 0 fully saturated rings. The van der Waals surface area contributed by atoms with Crippen LogP contribution in [-0.4, -0.2) is 27.6 Å². The number of para-hydroxylation sites is 2. The molecule has 0 saturated carbocycles. The Labute approximate surface area is 126 Å². The minimum absolute atomic E-state index is 0.0859. The van der Waals surface area contributed by atoms with Crippen molar-refractivity contribution in [1.82, 2.24) is 4.98 Å². The zero-order valence-electron chi connectivity index (χ0n) is 11.7. The summed E-state index contributed by atoms with van der Waals surface area (Å²) in [5.74, 6) is 0.350. The number of anilines is 1. The summed E-state index contributed by atoms with van der Waals surface area (Å²) in [6.07, 6.45) is 0. The number of hydrogen-bond donors (Lipinski definition) is 3. The number of amidine groups is 1. The molecule has 2 heterocycles. The van der Waals surface area contributed by atoms with Crippen molar-refractivity contribution in [3.05, 3.63) is 45.6 Å². The number of aryl methyl sites for hydroxylation is 2. The van der Waals surface area contributed by atoms with Gasteiger partial charge in [-0.05, 0) is 26.0 Å². The van der Waals surface area contributed by atoms with E-state index in [0.29, 0.717) is 16.3 Å². The highest BCUT2D eigenvalue weighted by atomic mass is 32.1. The fraction of sp³-hybridized carbons (Fsp3) is 0.200. The normalized spacial score (nSPS) is 15.1. The van der Waals surface area contributed by atoms with Crippen LogP contribution < -0.4 is 4.90 Å². The zero-order chi connectivity index (χ0) is 15.1. The minimum Gasteiger partial charge on any atom is -0.510 e. The molecule has 1 aromatic heterocycles. The Hall–Kier alpha value is -2.34. The summed E-state index contributed by atoms with van der Waals surface area (Å²) in [6.45, 7) is 4.04. The predicted molar refractivity (Wildman–Crippen MR) is 84.3 cm³/mol. The molecule has 1 aliphatic heterocycles. The number of nitrogens with one attached hydrogen (secondary N) is 1. The van der Waals surface area contributed by atoms with Gasteiger partial charge in [0.05, 0.1) is 23.5 Å². The molecule has 2 aromatic rings. The molecule has 0 spiro atoms. The molecule has 6 heteroatoms. The fourth-order valence-electron chi connectivity index (χ4n) is 2.28. The zero-order valence-corrected chi connectivity index (χ0v) is 12.5. The Morgan fingerprint density at radius 1 is 1.24 bits per heavy atom. The number of aliphatic hydroxyl groups is 1. The molecule has 1 aliphatic rings. The van der Waals surface area contributed by atoms with Crippen LogP contribution in [0.4, 0.5) is 5.69 Å². The molecule has 0 aliphatic carbocycles. The average molecular weight is 301 g/mol. The van der Waals surface area contributed by atoms with Crippen molar-refractivity contribution in [2.75, 3.05) is 11.4 Å². The SMILES string of the molecule is Cc1nc(C2=C(O)CN(c3ccccc3O)C2=N)sc1C. The quantitative estimate of drug-likeness (QED) is 0.795. The van der Waals surface area contributed by atoms with Crippen molar-refractivity contribution in [2.45, 2.75) is 13.8 Å². The molecule has 0 unspecified atom stereocenters. The van der Waals surface area contributed by atoms with E-state index < -0.39 is 0 Å². The lowest BCUT2D eigenvalue weighted by atomic mass is 10.2. The highest BCUT2D eigenvalue weighted by molar-refractivity contribution is 7.13. The number of aromatic hydroxyl groups is 1. The second-order valence-corrected chi connectivity index (χ2v) is 6.11. The van der Waals surface area contributed by atoms with E-state index in [1.54, 1.807) is 29.2 Å². The summed E-state index contributed by atoms with van der Waals surface area (Å²) < 4.78 is 0. The first-order chi connectivity index (χ1) is 9.99. The molecule has 3 rings (SSSR count). The highest BCUT2D eigenvalue weighted by Crippen LogP contribution is 2.36. The summed E-state index contributed by atoms with van der Waals surface area (Å²) in [4.78, 5) is 7.06. The lowest BCUT2D eigenvalue weighted by molar-refractivity contribution is 0.411. The van der Waals surface area contributed by atoms with Crippen LogP contribution in [0.1, 0.15) is 15.6 Å². The standard InChI is InChI=1S/C15H15N3O2S/c1-8-9(2)21-15(17-8)13-12(20)7-18(14(13)16)10-5-3-4-6-11(10)19/h3-6,16,19-20H,7H2,1-2H3. The topological polar surface area (TPSA) is 80.4 Å². The number of phenolic OH excluding ortho intramolecular Hbond substituents is 1. The molecule has 5 nitrogen and oxygen atoms in total. The maximum atomic E-state index is 10.2. The maximum absolute atomic E-state index is 10.2. The summed E-state index contributed by atoms with van der Waals surface area (Å²) in [6, 6.07) is 6.79. The second-order valence-electron chi connectivity index (χ2n) is 4.91. The van der Waals surface area contributed by atoms with Crippen LogP contribution in [0.2, 0.25) is 0 Å². The van der Waals surface area contributed by atoms with E-state index in [-0.39, 0.29) is 23.9 Å². The Kier molecular flexibility index (Phi) is 3.17. The fourth-order valence-corrected chi connectivity index (χ4v) is 3.26. The molecule has 0 atom stereocenters. The number of phenols is 1. The first kappa shape index (κ1) is 13.6. The van der Waals surface area contributed by atoms with Crippen molar-refractivity contribution in [3.8, 4) is 5.75 Å². The van der Waals surface area contributed by atoms with Crippen LogP contribution in [0.25, 0.3) is 5.57 Å². The molecule has 0 radical (unpaired) electrons. The molecule has 0 saturated heterocycles. The Bertz CT molecular complexity index is 745. The molecular formula is C15H15N3O2S. The van der Waals surface area contributed by atoms with Gasteiger partial charge in [-0.15, -0.1) is 11.3 Å². The van der Waals surface area contributed by atoms with E-state index in [4.69, 9.17) is 5.41 Å². The number of rotatable bonds is 2. The lowest BCUT2D eigenvalue weighted by Gasteiger charge is -2.19. The molecule has 21 heavy (non-hydrogen) atoms. The van der Waals surface area contributed by atoms with Crippen LogP contribution in [0.5, 0.6) is 5.75 Å². The Balaban J connectivity index is 2.00. The van der Waals surface area contributed by atoms with E-state index in [9.17, 15) is 10.2 Å². The number of aliphatic hydroxyl groups excluding tert-OH is 1. The Morgan fingerprint density at radius 2 is 1.95 bits per heavy atom. The van der Waals surface area contributed by atoms with Crippen LogP contribution in [0.3, 0.4) is 0 Å². The van der Waals surface area contributed by atoms with Gasteiger partial charge in [-0.1, -0.05) is 12.1 Å². The van der Waals surface area contributed by atoms with Crippen LogP contribution in [0.15, 0.2) is 30.0 Å². The summed E-state index contributed by atoms with van der Waals surface area (Å²) in [7, 11) is 0. The van der Waals surface area contributed by atoms with E-state index in [1.807, 2.05) is 13.8 Å². The van der Waals surface area contributed by atoms with Gasteiger partial charge in [0, 0.05) is 4.88 Å². The Morgan fingerprint density at radius 3 is 2.57 bits per heavy atom. The maximum Gasteiger partial charge on any atom is 0.139 e. The van der Waals surface area contributed by atoms with E-state index in [0.717, 1.165) is 10.6 Å². The lowest BCUT2D eigenvalue weighted by Crippen LogP contribution is -2.26. The largest absolute Gasteiger partial charge is 0.510 e. The van der Waals surface area contributed by atoms with Gasteiger partial charge in [-0.2, -0.15) is 0 Å². The molecule has 0 amide bonds. The minimum atomic E-state index is 0.0859. The molecule has 0 bridgehead atoms. The van der Waals surface area contributed by atoms with Gasteiger partial charge in [0.15, 0.2) is 0 Å². The molecule has 108 valence electrons. The molecule has 1 aromatic carbocycles. The van der Waals surface area contributed by atoms with Gasteiger partial charge in [-0.3, -0.25) is 5.41 Å². The summed E-state index contributed by atoms with van der Waals surface area (Å²) in [5, 5.41) is 29.1. The van der Waals surface area contributed by atoms with E-state index in [2.05, 4.69) is 4.98 Å². The van der Waals surface area contributed by atoms with Crippen molar-refractivity contribution in [3.63, 3.8) is 0 Å². The summed E-state index contributed by atoms with van der Waals surface area (Å²) >= 11 is 1.46. The number of nitrogens with zero attached hydrogens (tertiary/aromatic N) is 2. The monoisotopic (exact) mass is 301 g/mol. The van der Waals surface area contributed by atoms with Gasteiger partial charge in [0.1, 0.15) is 22.4 Å². The number of thiazole rings is 1. The van der Waals surface area contributed by atoms with Gasteiger partial charge in [-0.25, -0.2) is 4.98 Å². The predicted octanol–water partition coefficient (Wildman–Crippen LogP) is 3.23. The number of benzene rings is 1. The van der Waals surface area contributed by atoms with Crippen LogP contribution in [-0.2, 0) is 0 Å². The van der Waals surface area contributed by atoms with E-state index in [1.165, 1.54) is 11.3 Å². The molecule has 3 N–H and O–H groups in total. The third-order valence-electron chi connectivity index (χ3n) is 3.52. The second kappa shape index (κ2) is 4.89. The first-order valence-electron chi connectivity index (χ1n) is 6.50. The van der Waals surface area contributed by atoms with Gasteiger partial charge < -0.3 is 15.1 Å². The third kappa shape index (κ3) is 2.17. The molecular weight excluding hydrogens is 286 g/mol. The number of hydrogen-bond acceptors (Lipinski definition) is 5. The van der Waals surface area contributed by atoms with Crippen molar-refractivity contribution in [2.24, 2.45) is 0 Å². The van der Waals surface area contributed by atoms with Crippen molar-refractivity contribution < 1.29 is 10.2 Å². The van der Waals surface area contributed by atoms with Crippen LogP contribution in [0, 0.1) is 19.3 Å². The highest BCUT2D eigenvalue weighted by Gasteiger charge is 2.32. The summed E-state index contributed by atoms with van der Waals surface area (Å²) in [5.41, 5.74) is 1.86. The van der Waals surface area contributed by atoms with Crippen molar-refractivity contribution >= 4 is 28.4 Å². The van der Waals surface area contributed by atoms with Crippen molar-refractivity contribution in [1.29, 1.82) is 5.41 Å².